The van der Waals surface area contributed by atoms with Gasteiger partial charge in [0.2, 0.25) is 11.8 Å². The minimum absolute atomic E-state index is 0.229. The van der Waals surface area contributed by atoms with Gasteiger partial charge in [0, 0.05) is 0 Å². The predicted octanol–water partition coefficient (Wildman–Crippen LogP) is 3.97. The molecule has 2 N–H and O–H groups in total. The number of ether oxygens (including phenoxy) is 1. The number of amides is 2. The van der Waals surface area contributed by atoms with Crippen LogP contribution in [-0.4, -0.2) is 18.9 Å². The Hall–Kier alpha value is -2.24. The van der Waals surface area contributed by atoms with Crippen molar-refractivity contribution in [3.05, 3.63) is 52.5 Å². The van der Waals surface area contributed by atoms with E-state index in [-0.39, 0.29) is 11.4 Å². The summed E-state index contributed by atoms with van der Waals surface area (Å²) in [6.07, 6.45) is -0.360. The first-order valence-corrected chi connectivity index (χ1v) is 7.43. The molecule has 0 unspecified atom stereocenters. The summed E-state index contributed by atoms with van der Waals surface area (Å²) in [4.78, 5) is 23.9. The van der Waals surface area contributed by atoms with E-state index in [1.807, 2.05) is 0 Å². The maximum Gasteiger partial charge on any atom is 0.233 e. The third-order valence-corrected chi connectivity index (χ3v) is 3.75. The SMILES string of the molecule is COc1ccccc1NC(=O)CC(=O)Nc1cccc(Cl)c1Cl. The topological polar surface area (TPSA) is 67.4 Å². The fraction of sp³-hybridized carbons (Fsp3) is 0.125. The van der Waals surface area contributed by atoms with Crippen molar-refractivity contribution >= 4 is 46.4 Å². The van der Waals surface area contributed by atoms with E-state index in [9.17, 15) is 9.59 Å². The second kappa shape index (κ2) is 7.85. The molecular formula is C16H14Cl2N2O3. The number of nitrogens with one attached hydrogen (secondary N) is 2. The smallest absolute Gasteiger partial charge is 0.233 e. The molecule has 2 rings (SSSR count). The maximum absolute atomic E-state index is 11.9. The molecule has 120 valence electrons. The molecule has 0 aliphatic carbocycles. The molecular weight excluding hydrogens is 339 g/mol. The van der Waals surface area contributed by atoms with Crippen molar-refractivity contribution in [1.82, 2.24) is 0 Å². The van der Waals surface area contributed by atoms with Crippen molar-refractivity contribution in [2.45, 2.75) is 6.42 Å². The summed E-state index contributed by atoms with van der Waals surface area (Å²) in [7, 11) is 1.50. The van der Waals surface area contributed by atoms with Crippen LogP contribution in [0.1, 0.15) is 6.42 Å². The van der Waals surface area contributed by atoms with Crippen molar-refractivity contribution < 1.29 is 14.3 Å². The molecule has 2 aromatic rings. The minimum Gasteiger partial charge on any atom is -0.495 e. The molecule has 0 aliphatic heterocycles. The maximum atomic E-state index is 11.9. The molecule has 5 nitrogen and oxygen atoms in total. The Bertz CT molecular complexity index is 735. The first kappa shape index (κ1) is 17.1. The van der Waals surface area contributed by atoms with Gasteiger partial charge < -0.3 is 15.4 Å². The van der Waals surface area contributed by atoms with Crippen molar-refractivity contribution in [2.24, 2.45) is 0 Å². The van der Waals surface area contributed by atoms with Crippen LogP contribution in [0.3, 0.4) is 0 Å². The molecule has 0 bridgehead atoms. The summed E-state index contributed by atoms with van der Waals surface area (Å²) < 4.78 is 5.13. The second-order valence-corrected chi connectivity index (χ2v) is 5.36. The fourth-order valence-electron chi connectivity index (χ4n) is 1.88. The summed E-state index contributed by atoms with van der Waals surface area (Å²) in [5, 5.41) is 5.72. The summed E-state index contributed by atoms with van der Waals surface area (Å²) >= 11 is 11.8. The number of anilines is 2. The van der Waals surface area contributed by atoms with Crippen LogP contribution in [-0.2, 0) is 9.59 Å². The average molecular weight is 353 g/mol. The number of methoxy groups -OCH3 is 1. The Morgan fingerprint density at radius 1 is 0.957 bits per heavy atom. The zero-order valence-electron chi connectivity index (χ0n) is 12.2. The van der Waals surface area contributed by atoms with Crippen LogP contribution in [0.4, 0.5) is 11.4 Å². The van der Waals surface area contributed by atoms with E-state index in [0.29, 0.717) is 22.1 Å². The lowest BCUT2D eigenvalue weighted by atomic mass is 10.2. The Balaban J connectivity index is 1.97. The van der Waals surface area contributed by atoms with Crippen LogP contribution in [0.5, 0.6) is 5.75 Å². The zero-order chi connectivity index (χ0) is 16.8. The lowest BCUT2D eigenvalue weighted by Crippen LogP contribution is -2.21. The number of rotatable bonds is 5. The molecule has 0 heterocycles. The number of para-hydroxylation sites is 2. The Morgan fingerprint density at radius 3 is 2.26 bits per heavy atom. The summed E-state index contributed by atoms with van der Waals surface area (Å²) in [6.45, 7) is 0. The zero-order valence-corrected chi connectivity index (χ0v) is 13.7. The molecule has 0 aliphatic rings. The van der Waals surface area contributed by atoms with Gasteiger partial charge in [0.1, 0.15) is 12.2 Å². The van der Waals surface area contributed by atoms with Gasteiger partial charge in [0.15, 0.2) is 0 Å². The number of carbonyl (C=O) groups excluding carboxylic acids is 2. The predicted molar refractivity (Wildman–Crippen MR) is 91.3 cm³/mol. The molecule has 0 spiro atoms. The molecule has 0 fully saturated rings. The van der Waals surface area contributed by atoms with Crippen molar-refractivity contribution in [1.29, 1.82) is 0 Å². The quantitative estimate of drug-likeness (QED) is 0.800. The molecule has 0 aromatic heterocycles. The van der Waals surface area contributed by atoms with E-state index in [1.54, 1.807) is 42.5 Å². The normalized spacial score (nSPS) is 10.0. The Labute approximate surface area is 143 Å². The van der Waals surface area contributed by atoms with Gasteiger partial charge in [-0.1, -0.05) is 41.4 Å². The molecule has 7 heteroatoms. The largest absolute Gasteiger partial charge is 0.495 e. The number of hydrogen-bond donors (Lipinski definition) is 2. The number of halogens is 2. The first-order valence-electron chi connectivity index (χ1n) is 6.68. The molecule has 0 atom stereocenters. The van der Waals surface area contributed by atoms with Crippen LogP contribution in [0, 0.1) is 0 Å². The van der Waals surface area contributed by atoms with E-state index in [4.69, 9.17) is 27.9 Å². The molecule has 23 heavy (non-hydrogen) atoms. The van der Waals surface area contributed by atoms with E-state index >= 15 is 0 Å². The monoisotopic (exact) mass is 352 g/mol. The van der Waals surface area contributed by atoms with Crippen LogP contribution >= 0.6 is 23.2 Å². The highest BCUT2D eigenvalue weighted by Crippen LogP contribution is 2.29. The lowest BCUT2D eigenvalue weighted by molar-refractivity contribution is -0.123. The van der Waals surface area contributed by atoms with Gasteiger partial charge in [-0.15, -0.1) is 0 Å². The molecule has 0 radical (unpaired) electrons. The Kier molecular flexibility index (Phi) is 5.84. The third-order valence-electron chi connectivity index (χ3n) is 2.93. The van der Waals surface area contributed by atoms with Crippen LogP contribution in [0.15, 0.2) is 42.5 Å². The van der Waals surface area contributed by atoms with E-state index in [0.717, 1.165) is 0 Å². The highest BCUT2D eigenvalue weighted by atomic mass is 35.5. The van der Waals surface area contributed by atoms with Gasteiger partial charge in [0.05, 0.1) is 28.5 Å². The average Bonchev–Trinajstić information content (AvgIpc) is 2.52. The van der Waals surface area contributed by atoms with Gasteiger partial charge >= 0.3 is 0 Å². The van der Waals surface area contributed by atoms with E-state index in [2.05, 4.69) is 10.6 Å². The van der Waals surface area contributed by atoms with Gasteiger partial charge in [-0.2, -0.15) is 0 Å². The standard InChI is InChI=1S/C16H14Cl2N2O3/c1-23-13-8-3-2-6-11(13)19-14(21)9-15(22)20-12-7-4-5-10(17)16(12)18/h2-8H,9H2,1H3,(H,19,21)(H,20,22). The molecule has 2 aromatic carbocycles. The van der Waals surface area contributed by atoms with Gasteiger partial charge in [-0.3, -0.25) is 9.59 Å². The van der Waals surface area contributed by atoms with Crippen molar-refractivity contribution in [3.63, 3.8) is 0 Å². The van der Waals surface area contributed by atoms with Crippen LogP contribution in [0.25, 0.3) is 0 Å². The number of benzene rings is 2. The van der Waals surface area contributed by atoms with Gasteiger partial charge in [-0.25, -0.2) is 0 Å². The summed E-state index contributed by atoms with van der Waals surface area (Å²) in [5.74, 6) is -0.453. The third kappa shape index (κ3) is 4.61. The first-order chi connectivity index (χ1) is 11.0. The fourth-order valence-corrected chi connectivity index (χ4v) is 2.23. The van der Waals surface area contributed by atoms with Crippen molar-refractivity contribution in [3.8, 4) is 5.75 Å². The van der Waals surface area contributed by atoms with Crippen LogP contribution in [0.2, 0.25) is 10.0 Å². The van der Waals surface area contributed by atoms with E-state index < -0.39 is 11.8 Å². The summed E-state index contributed by atoms with van der Waals surface area (Å²) in [5.41, 5.74) is 0.850. The van der Waals surface area contributed by atoms with Gasteiger partial charge in [-0.05, 0) is 24.3 Å². The van der Waals surface area contributed by atoms with Crippen molar-refractivity contribution in [2.75, 3.05) is 17.7 Å². The number of carbonyl (C=O) groups is 2. The number of hydrogen-bond acceptors (Lipinski definition) is 3. The lowest BCUT2D eigenvalue weighted by Gasteiger charge is -2.10. The van der Waals surface area contributed by atoms with Crippen LogP contribution < -0.4 is 15.4 Å². The molecule has 0 saturated heterocycles. The highest BCUT2D eigenvalue weighted by Gasteiger charge is 2.14. The summed E-state index contributed by atoms with van der Waals surface area (Å²) in [6, 6.07) is 11.8. The Morgan fingerprint density at radius 2 is 1.57 bits per heavy atom. The minimum atomic E-state index is -0.499. The highest BCUT2D eigenvalue weighted by molar-refractivity contribution is 6.44. The van der Waals surface area contributed by atoms with Gasteiger partial charge in [0.25, 0.3) is 0 Å². The van der Waals surface area contributed by atoms with E-state index in [1.165, 1.54) is 7.11 Å². The molecule has 2 amide bonds. The molecule has 0 saturated carbocycles. The second-order valence-electron chi connectivity index (χ2n) is 4.57.